The van der Waals surface area contributed by atoms with Crippen LogP contribution in [0.5, 0.6) is 5.75 Å². The molecule has 0 bridgehead atoms. The number of carbonyl (C=O) groups excluding carboxylic acids is 2. The zero-order valence-electron chi connectivity index (χ0n) is 15.1. The Morgan fingerprint density at radius 2 is 1.88 bits per heavy atom. The van der Waals surface area contributed by atoms with E-state index in [-0.39, 0.29) is 24.8 Å². The van der Waals surface area contributed by atoms with E-state index >= 15 is 0 Å². The number of nitrogens with one attached hydrogen (secondary N) is 1. The molecule has 0 spiro atoms. The first-order valence-corrected chi connectivity index (χ1v) is 8.13. The topological polar surface area (TPSA) is 58.6 Å². The van der Waals surface area contributed by atoms with Crippen LogP contribution in [0.2, 0.25) is 0 Å². The smallest absolute Gasteiger partial charge is 0.243 e. The quantitative estimate of drug-likeness (QED) is 0.879. The van der Waals surface area contributed by atoms with E-state index in [1.807, 2.05) is 56.3 Å². The lowest BCUT2D eigenvalue weighted by Crippen LogP contribution is -2.35. The van der Waals surface area contributed by atoms with Crippen molar-refractivity contribution in [3.8, 4) is 5.75 Å². The van der Waals surface area contributed by atoms with E-state index in [1.165, 1.54) is 4.90 Å². The van der Waals surface area contributed by atoms with Gasteiger partial charge in [-0.05, 0) is 48.7 Å². The van der Waals surface area contributed by atoms with Crippen LogP contribution in [0.25, 0.3) is 0 Å². The van der Waals surface area contributed by atoms with Gasteiger partial charge in [-0.2, -0.15) is 0 Å². The van der Waals surface area contributed by atoms with Gasteiger partial charge in [-0.15, -0.1) is 0 Å². The van der Waals surface area contributed by atoms with Crippen LogP contribution in [-0.2, 0) is 16.0 Å². The second kappa shape index (κ2) is 8.33. The summed E-state index contributed by atoms with van der Waals surface area (Å²) < 4.78 is 5.16. The van der Waals surface area contributed by atoms with Gasteiger partial charge < -0.3 is 15.0 Å². The van der Waals surface area contributed by atoms with Crippen molar-refractivity contribution in [1.82, 2.24) is 4.90 Å². The average molecular weight is 340 g/mol. The molecular weight excluding hydrogens is 316 g/mol. The molecule has 25 heavy (non-hydrogen) atoms. The minimum Gasteiger partial charge on any atom is -0.497 e. The minimum absolute atomic E-state index is 0.0101. The number of methoxy groups -OCH3 is 1. The normalized spacial score (nSPS) is 10.2. The van der Waals surface area contributed by atoms with Crippen molar-refractivity contribution < 1.29 is 14.3 Å². The third kappa shape index (κ3) is 5.35. The predicted molar refractivity (Wildman–Crippen MR) is 98.9 cm³/mol. The van der Waals surface area contributed by atoms with E-state index in [1.54, 1.807) is 14.2 Å². The molecule has 2 amide bonds. The zero-order valence-corrected chi connectivity index (χ0v) is 15.1. The van der Waals surface area contributed by atoms with Crippen LogP contribution in [0, 0.1) is 13.8 Å². The lowest BCUT2D eigenvalue weighted by atomic mass is 10.1. The number of hydrogen-bond donors (Lipinski definition) is 1. The molecule has 132 valence electrons. The summed E-state index contributed by atoms with van der Waals surface area (Å²) in [5, 5.41) is 2.87. The van der Waals surface area contributed by atoms with Crippen molar-refractivity contribution in [2.24, 2.45) is 0 Å². The number of hydrogen-bond acceptors (Lipinski definition) is 3. The van der Waals surface area contributed by atoms with E-state index in [4.69, 9.17) is 4.74 Å². The van der Waals surface area contributed by atoms with Crippen LogP contribution in [0.15, 0.2) is 42.5 Å². The SMILES string of the molecule is COc1cccc(CC(=O)N(C)CC(=O)Nc2cc(C)ccc2C)c1. The Bertz CT molecular complexity index is 771. The number of ether oxygens (including phenoxy) is 1. The first kappa shape index (κ1) is 18.5. The first-order chi connectivity index (χ1) is 11.9. The lowest BCUT2D eigenvalue weighted by molar-refractivity contribution is -0.132. The number of amides is 2. The second-order valence-corrected chi connectivity index (χ2v) is 6.14. The van der Waals surface area contributed by atoms with Crippen molar-refractivity contribution in [1.29, 1.82) is 0 Å². The number of anilines is 1. The third-order valence-electron chi connectivity index (χ3n) is 3.96. The molecule has 0 fully saturated rings. The molecule has 0 radical (unpaired) electrons. The Hall–Kier alpha value is -2.82. The predicted octanol–water partition coefficient (Wildman–Crippen LogP) is 2.95. The molecule has 0 aliphatic carbocycles. The summed E-state index contributed by atoms with van der Waals surface area (Å²) in [6.45, 7) is 3.92. The maximum absolute atomic E-state index is 12.3. The minimum atomic E-state index is -0.213. The van der Waals surface area contributed by atoms with Crippen molar-refractivity contribution in [2.45, 2.75) is 20.3 Å². The summed E-state index contributed by atoms with van der Waals surface area (Å²) in [6, 6.07) is 13.2. The fraction of sp³-hybridized carbons (Fsp3) is 0.300. The average Bonchev–Trinajstić information content (AvgIpc) is 2.58. The largest absolute Gasteiger partial charge is 0.497 e. The molecule has 0 unspecified atom stereocenters. The van der Waals surface area contributed by atoms with Crippen LogP contribution < -0.4 is 10.1 Å². The molecular formula is C20H24N2O3. The van der Waals surface area contributed by atoms with E-state index in [0.717, 1.165) is 22.4 Å². The van der Waals surface area contributed by atoms with Gasteiger partial charge in [-0.25, -0.2) is 0 Å². The molecule has 5 heteroatoms. The number of carbonyl (C=O) groups is 2. The van der Waals surface area contributed by atoms with E-state index < -0.39 is 0 Å². The van der Waals surface area contributed by atoms with Gasteiger partial charge in [-0.3, -0.25) is 9.59 Å². The van der Waals surface area contributed by atoms with Crippen LogP contribution >= 0.6 is 0 Å². The Labute approximate surface area is 148 Å². The molecule has 0 saturated heterocycles. The number of benzene rings is 2. The molecule has 0 aromatic heterocycles. The fourth-order valence-corrected chi connectivity index (χ4v) is 2.46. The van der Waals surface area contributed by atoms with Gasteiger partial charge in [0.15, 0.2) is 0 Å². The monoisotopic (exact) mass is 340 g/mol. The Morgan fingerprint density at radius 3 is 2.60 bits per heavy atom. The summed E-state index contributed by atoms with van der Waals surface area (Å²) in [6.07, 6.45) is 0.227. The highest BCUT2D eigenvalue weighted by Gasteiger charge is 2.14. The maximum atomic E-state index is 12.3. The molecule has 0 atom stereocenters. The van der Waals surface area contributed by atoms with Gasteiger partial charge >= 0.3 is 0 Å². The van der Waals surface area contributed by atoms with E-state index in [9.17, 15) is 9.59 Å². The zero-order chi connectivity index (χ0) is 18.4. The molecule has 2 aromatic carbocycles. The first-order valence-electron chi connectivity index (χ1n) is 8.13. The standard InChI is InChI=1S/C20H24N2O3/c1-14-8-9-15(2)18(10-14)21-19(23)13-22(3)20(24)12-16-6-5-7-17(11-16)25-4/h5-11H,12-13H2,1-4H3,(H,21,23). The number of rotatable bonds is 6. The molecule has 0 heterocycles. The third-order valence-corrected chi connectivity index (χ3v) is 3.96. The Morgan fingerprint density at radius 1 is 1.12 bits per heavy atom. The summed E-state index contributed by atoms with van der Waals surface area (Å²) in [4.78, 5) is 26.0. The summed E-state index contributed by atoms with van der Waals surface area (Å²) in [5.41, 5.74) is 3.69. The van der Waals surface area contributed by atoms with Gasteiger partial charge in [0.1, 0.15) is 5.75 Å². The molecule has 0 saturated carbocycles. The highest BCUT2D eigenvalue weighted by molar-refractivity contribution is 5.95. The summed E-state index contributed by atoms with van der Waals surface area (Å²) in [5.74, 6) is 0.375. The Balaban J connectivity index is 1.93. The highest BCUT2D eigenvalue weighted by atomic mass is 16.5. The fourth-order valence-electron chi connectivity index (χ4n) is 2.46. The van der Waals surface area contributed by atoms with E-state index in [2.05, 4.69) is 5.32 Å². The number of nitrogens with zero attached hydrogens (tertiary/aromatic N) is 1. The molecule has 1 N–H and O–H groups in total. The van der Waals surface area contributed by atoms with Crippen LogP contribution in [0.4, 0.5) is 5.69 Å². The molecule has 0 aliphatic rings. The second-order valence-electron chi connectivity index (χ2n) is 6.14. The van der Waals surface area contributed by atoms with E-state index in [0.29, 0.717) is 5.75 Å². The summed E-state index contributed by atoms with van der Waals surface area (Å²) in [7, 11) is 3.22. The Kier molecular flexibility index (Phi) is 6.17. The lowest BCUT2D eigenvalue weighted by Gasteiger charge is -2.18. The number of aryl methyl sites for hydroxylation is 2. The summed E-state index contributed by atoms with van der Waals surface area (Å²) >= 11 is 0. The van der Waals surface area contributed by atoms with Crippen LogP contribution in [-0.4, -0.2) is 37.4 Å². The van der Waals surface area contributed by atoms with Crippen molar-refractivity contribution in [3.63, 3.8) is 0 Å². The van der Waals surface area contributed by atoms with Gasteiger partial charge in [0.05, 0.1) is 20.1 Å². The molecule has 2 aromatic rings. The van der Waals surface area contributed by atoms with Crippen molar-refractivity contribution in [2.75, 3.05) is 26.0 Å². The maximum Gasteiger partial charge on any atom is 0.243 e. The van der Waals surface area contributed by atoms with Gasteiger partial charge in [0.25, 0.3) is 0 Å². The highest BCUT2D eigenvalue weighted by Crippen LogP contribution is 2.16. The molecule has 2 rings (SSSR count). The van der Waals surface area contributed by atoms with Gasteiger partial charge in [0, 0.05) is 12.7 Å². The van der Waals surface area contributed by atoms with Crippen LogP contribution in [0.3, 0.4) is 0 Å². The van der Waals surface area contributed by atoms with Crippen molar-refractivity contribution in [3.05, 3.63) is 59.2 Å². The molecule has 0 aliphatic heterocycles. The van der Waals surface area contributed by atoms with Crippen LogP contribution in [0.1, 0.15) is 16.7 Å². The molecule has 5 nitrogen and oxygen atoms in total. The van der Waals surface area contributed by atoms with Gasteiger partial charge in [-0.1, -0.05) is 24.3 Å². The number of likely N-dealkylation sites (N-methyl/N-ethyl adjacent to an activating group) is 1. The van der Waals surface area contributed by atoms with Gasteiger partial charge in [0.2, 0.25) is 11.8 Å². The van der Waals surface area contributed by atoms with Crippen molar-refractivity contribution >= 4 is 17.5 Å².